The molecule has 0 spiro atoms. The second-order valence-electron chi connectivity index (χ2n) is 3.89. The van der Waals surface area contributed by atoms with E-state index >= 15 is 0 Å². The van der Waals surface area contributed by atoms with E-state index in [2.05, 4.69) is 16.2 Å². The third-order valence-corrected chi connectivity index (χ3v) is 3.40. The fourth-order valence-corrected chi connectivity index (χ4v) is 2.29. The minimum atomic E-state index is -0.745. The summed E-state index contributed by atoms with van der Waals surface area (Å²) in [5.41, 5.74) is 0.0807. The lowest BCUT2D eigenvalue weighted by molar-refractivity contribution is -0.141. The zero-order chi connectivity index (χ0) is 13.0. The quantitative estimate of drug-likeness (QED) is 0.489. The van der Waals surface area contributed by atoms with Gasteiger partial charge < -0.3 is 10.1 Å². The van der Waals surface area contributed by atoms with Crippen LogP contribution in [0.4, 0.5) is 0 Å². The van der Waals surface area contributed by atoms with E-state index < -0.39 is 18.0 Å². The highest BCUT2D eigenvalue weighted by molar-refractivity contribution is 7.10. The van der Waals surface area contributed by atoms with E-state index in [1.54, 1.807) is 0 Å². The molecule has 1 N–H and O–H groups in total. The van der Waals surface area contributed by atoms with Crippen LogP contribution in [0.2, 0.25) is 0 Å². The summed E-state index contributed by atoms with van der Waals surface area (Å²) in [4.78, 5) is 27.2. The Morgan fingerprint density at radius 3 is 3.00 bits per heavy atom. The van der Waals surface area contributed by atoms with E-state index in [1.807, 2.05) is 0 Å². The molecule has 0 aromatic carbocycles. The number of ether oxygens (including phenoxy) is 1. The van der Waals surface area contributed by atoms with Crippen molar-refractivity contribution < 1.29 is 14.3 Å². The van der Waals surface area contributed by atoms with Crippen molar-refractivity contribution in [2.45, 2.75) is 25.3 Å². The first-order chi connectivity index (χ1) is 8.70. The van der Waals surface area contributed by atoms with Crippen LogP contribution in [0.1, 0.15) is 34.8 Å². The summed E-state index contributed by atoms with van der Waals surface area (Å²) >= 11 is 1.17. The Labute approximate surface area is 109 Å². The first kappa shape index (κ1) is 12.7. The fourth-order valence-electron chi connectivity index (χ4n) is 1.70. The number of nitrogens with zero attached hydrogens (tertiary/aromatic N) is 1. The molecule has 94 valence electrons. The summed E-state index contributed by atoms with van der Waals surface area (Å²) in [7, 11) is 0. The number of carbonyl (C=O) groups is 2. The molecule has 0 amide bonds. The Bertz CT molecular complexity index is 498. The van der Waals surface area contributed by atoms with Gasteiger partial charge in [0.05, 0.1) is 0 Å². The van der Waals surface area contributed by atoms with Crippen molar-refractivity contribution >= 4 is 23.3 Å². The molecule has 0 aliphatic carbocycles. The summed E-state index contributed by atoms with van der Waals surface area (Å²) < 4.78 is 4.77. The smallest absolute Gasteiger partial charge is 0.365 e. The molecule has 0 saturated carbocycles. The molecule has 1 aliphatic rings. The molecule has 1 aromatic rings. The van der Waals surface area contributed by atoms with Gasteiger partial charge in [-0.3, -0.25) is 0 Å². The average molecular weight is 264 g/mol. The summed E-state index contributed by atoms with van der Waals surface area (Å²) in [6.07, 6.45) is 7.84. The van der Waals surface area contributed by atoms with Gasteiger partial charge in [0.1, 0.15) is 6.04 Å². The van der Waals surface area contributed by atoms with E-state index in [0.717, 1.165) is 19.4 Å². The van der Waals surface area contributed by atoms with E-state index in [-0.39, 0.29) is 5.69 Å². The van der Waals surface area contributed by atoms with Crippen LogP contribution in [0.3, 0.4) is 0 Å². The van der Waals surface area contributed by atoms with Gasteiger partial charge in [0.25, 0.3) is 0 Å². The van der Waals surface area contributed by atoms with Crippen LogP contribution in [-0.2, 0) is 9.53 Å². The first-order valence-electron chi connectivity index (χ1n) is 5.62. The van der Waals surface area contributed by atoms with Crippen molar-refractivity contribution in [3.05, 3.63) is 16.1 Å². The van der Waals surface area contributed by atoms with Crippen molar-refractivity contribution in [2.24, 2.45) is 0 Å². The summed E-state index contributed by atoms with van der Waals surface area (Å²) in [5, 5.41) is 4.89. The maximum atomic E-state index is 11.7. The number of aromatic nitrogens is 1. The second-order valence-corrected chi connectivity index (χ2v) is 4.75. The molecule has 1 fully saturated rings. The molecule has 18 heavy (non-hydrogen) atoms. The fraction of sp³-hybridized carbons (Fsp3) is 0.417. The van der Waals surface area contributed by atoms with Crippen LogP contribution in [0, 0.1) is 12.3 Å². The SMILES string of the molecule is C#Cc1nc(C(=O)OC(=O)C2CCCCN2)cs1. The Morgan fingerprint density at radius 2 is 2.39 bits per heavy atom. The zero-order valence-corrected chi connectivity index (χ0v) is 10.5. The van der Waals surface area contributed by atoms with E-state index in [4.69, 9.17) is 11.2 Å². The molecule has 6 heteroatoms. The number of piperidine rings is 1. The largest absolute Gasteiger partial charge is 0.387 e. The number of thiazole rings is 1. The lowest BCUT2D eigenvalue weighted by Gasteiger charge is -2.20. The van der Waals surface area contributed by atoms with Crippen molar-refractivity contribution in [3.63, 3.8) is 0 Å². The lowest BCUT2D eigenvalue weighted by atomic mass is 10.1. The Morgan fingerprint density at radius 1 is 1.56 bits per heavy atom. The third-order valence-electron chi connectivity index (χ3n) is 2.62. The molecule has 1 aliphatic heterocycles. The minimum absolute atomic E-state index is 0.0807. The minimum Gasteiger partial charge on any atom is -0.387 e. The molecule has 2 heterocycles. The van der Waals surface area contributed by atoms with Crippen LogP contribution in [0.15, 0.2) is 5.38 Å². The molecular formula is C12H12N2O3S. The monoisotopic (exact) mass is 264 g/mol. The van der Waals surface area contributed by atoms with Crippen molar-refractivity contribution in [1.29, 1.82) is 0 Å². The normalized spacial score (nSPS) is 18.9. The number of rotatable bonds is 2. The van der Waals surface area contributed by atoms with Gasteiger partial charge in [-0.05, 0) is 25.3 Å². The van der Waals surface area contributed by atoms with Gasteiger partial charge in [0, 0.05) is 5.38 Å². The van der Waals surface area contributed by atoms with Crippen LogP contribution in [0.5, 0.6) is 0 Å². The summed E-state index contributed by atoms with van der Waals surface area (Å²) in [5.74, 6) is 1.03. The number of carbonyl (C=O) groups excluding carboxylic acids is 2. The number of hydrogen-bond donors (Lipinski definition) is 1. The molecule has 2 rings (SSSR count). The highest BCUT2D eigenvalue weighted by Gasteiger charge is 2.25. The molecule has 0 bridgehead atoms. The van der Waals surface area contributed by atoms with Gasteiger partial charge in [-0.25, -0.2) is 14.6 Å². The van der Waals surface area contributed by atoms with Gasteiger partial charge in [-0.15, -0.1) is 17.8 Å². The Kier molecular flexibility index (Phi) is 4.07. The molecule has 1 saturated heterocycles. The van der Waals surface area contributed by atoms with Crippen molar-refractivity contribution in [2.75, 3.05) is 6.54 Å². The summed E-state index contributed by atoms with van der Waals surface area (Å²) in [6.45, 7) is 0.770. The Hall–Kier alpha value is -1.71. The topological polar surface area (TPSA) is 68.3 Å². The maximum absolute atomic E-state index is 11.7. The predicted octanol–water partition coefficient (Wildman–Crippen LogP) is 0.950. The molecular weight excluding hydrogens is 252 g/mol. The van der Waals surface area contributed by atoms with Gasteiger partial charge in [0.2, 0.25) is 0 Å². The van der Waals surface area contributed by atoms with Crippen LogP contribution >= 0.6 is 11.3 Å². The van der Waals surface area contributed by atoms with Crippen molar-refractivity contribution in [3.8, 4) is 12.3 Å². The second kappa shape index (κ2) is 5.76. The molecule has 5 nitrogen and oxygen atoms in total. The number of terminal acetylenes is 1. The van der Waals surface area contributed by atoms with E-state index in [1.165, 1.54) is 16.7 Å². The van der Waals surface area contributed by atoms with Crippen LogP contribution in [0.25, 0.3) is 0 Å². The van der Waals surface area contributed by atoms with E-state index in [9.17, 15) is 9.59 Å². The Balaban J connectivity index is 1.94. The average Bonchev–Trinajstić information content (AvgIpc) is 2.88. The zero-order valence-electron chi connectivity index (χ0n) is 9.64. The first-order valence-corrected chi connectivity index (χ1v) is 6.50. The molecule has 1 aromatic heterocycles. The van der Waals surface area contributed by atoms with Gasteiger partial charge >= 0.3 is 11.9 Å². The standard InChI is InChI=1S/C12H12N2O3S/c1-2-10-14-9(7-18-10)12(16)17-11(15)8-5-3-4-6-13-8/h1,7-8,13H,3-6H2. The highest BCUT2D eigenvalue weighted by atomic mass is 32.1. The number of esters is 2. The van der Waals surface area contributed by atoms with Crippen molar-refractivity contribution in [1.82, 2.24) is 10.3 Å². The molecule has 0 radical (unpaired) electrons. The maximum Gasteiger partial charge on any atom is 0.365 e. The summed E-state index contributed by atoms with van der Waals surface area (Å²) in [6, 6.07) is -0.395. The van der Waals surface area contributed by atoms with E-state index in [0.29, 0.717) is 11.4 Å². The van der Waals surface area contributed by atoms with Gasteiger partial charge in [0.15, 0.2) is 10.7 Å². The third kappa shape index (κ3) is 2.94. The lowest BCUT2D eigenvalue weighted by Crippen LogP contribution is -2.42. The number of hydrogen-bond acceptors (Lipinski definition) is 6. The van der Waals surface area contributed by atoms with Crippen LogP contribution < -0.4 is 5.32 Å². The molecule has 1 unspecified atom stereocenters. The van der Waals surface area contributed by atoms with Crippen LogP contribution in [-0.4, -0.2) is 29.5 Å². The predicted molar refractivity (Wildman–Crippen MR) is 66.1 cm³/mol. The van der Waals surface area contributed by atoms with Gasteiger partial charge in [-0.2, -0.15) is 0 Å². The number of nitrogens with one attached hydrogen (secondary N) is 1. The van der Waals surface area contributed by atoms with Gasteiger partial charge in [-0.1, -0.05) is 6.42 Å². The molecule has 1 atom stereocenters. The highest BCUT2D eigenvalue weighted by Crippen LogP contribution is 2.12.